The maximum Gasteiger partial charge on any atom is 0.338 e. The summed E-state index contributed by atoms with van der Waals surface area (Å²) >= 11 is 6.99. The van der Waals surface area contributed by atoms with Crippen LogP contribution in [-0.2, 0) is 20.9 Å². The number of nitriles is 1. The summed E-state index contributed by atoms with van der Waals surface area (Å²) in [5.41, 5.74) is 5.58. The van der Waals surface area contributed by atoms with E-state index in [9.17, 15) is 19.6 Å². The minimum atomic E-state index is -0.783. The fraction of sp³-hybridized carbons (Fsp3) is 0.219. The van der Waals surface area contributed by atoms with Crippen LogP contribution in [0.15, 0.2) is 79.9 Å². The van der Waals surface area contributed by atoms with Gasteiger partial charge in [0.1, 0.15) is 12.4 Å². The highest BCUT2D eigenvalue weighted by Gasteiger charge is 2.32. The number of hydrazone groups is 1. The average Bonchev–Trinajstić information content (AvgIpc) is 3.03. The Hall–Kier alpha value is -4.87. The third-order valence-electron chi connectivity index (χ3n) is 6.58. The van der Waals surface area contributed by atoms with Gasteiger partial charge < -0.3 is 29.6 Å². The number of carbonyl (C=O) groups excluding carboxylic acids is 3. The number of carbonyl (C=O) groups is 3. The summed E-state index contributed by atoms with van der Waals surface area (Å²) in [6.07, 6.45) is 1.46. The number of esters is 1. The molecule has 0 bridgehead atoms. The predicted octanol–water partition coefficient (Wildman–Crippen LogP) is 5.39. The van der Waals surface area contributed by atoms with Crippen molar-refractivity contribution >= 4 is 56.0 Å². The van der Waals surface area contributed by atoms with Gasteiger partial charge in [0.2, 0.25) is 0 Å². The summed E-state index contributed by atoms with van der Waals surface area (Å²) in [5, 5.41) is 18.6. The van der Waals surface area contributed by atoms with Crippen LogP contribution < -0.4 is 30.3 Å². The van der Waals surface area contributed by atoms with E-state index in [2.05, 4.69) is 59.1 Å². The van der Waals surface area contributed by atoms with Crippen LogP contribution in [0.2, 0.25) is 0 Å². The summed E-state index contributed by atoms with van der Waals surface area (Å²) in [5.74, 6) is 0.0233. The molecule has 12 nitrogen and oxygen atoms in total. The minimum absolute atomic E-state index is 0.176. The predicted molar refractivity (Wildman–Crippen MR) is 175 cm³/mol. The maximum absolute atomic E-state index is 12.6. The third kappa shape index (κ3) is 8.43. The molecule has 238 valence electrons. The largest absolute Gasteiger partial charge is 0.493 e. The number of ether oxygens (including phenoxy) is 4. The van der Waals surface area contributed by atoms with Crippen LogP contribution in [-0.4, -0.2) is 44.4 Å². The lowest BCUT2D eigenvalue weighted by Crippen LogP contribution is -2.45. The van der Waals surface area contributed by atoms with Crippen LogP contribution >= 0.6 is 31.9 Å². The monoisotopic (exact) mass is 753 g/mol. The van der Waals surface area contributed by atoms with E-state index in [1.54, 1.807) is 56.3 Å². The number of hydrogen-bond donors (Lipinski definition) is 3. The highest BCUT2D eigenvalue weighted by Crippen LogP contribution is 2.36. The summed E-state index contributed by atoms with van der Waals surface area (Å²) < 4.78 is 23.5. The van der Waals surface area contributed by atoms with Gasteiger partial charge in [-0.1, -0.05) is 24.3 Å². The number of urea groups is 1. The molecule has 0 spiro atoms. The molecule has 4 rings (SSSR count). The van der Waals surface area contributed by atoms with Gasteiger partial charge in [0.25, 0.3) is 5.91 Å². The fourth-order valence-electron chi connectivity index (χ4n) is 4.46. The van der Waals surface area contributed by atoms with Crippen molar-refractivity contribution in [2.75, 3.05) is 20.3 Å². The zero-order valence-corrected chi connectivity index (χ0v) is 28.2. The van der Waals surface area contributed by atoms with Crippen LogP contribution in [0.5, 0.6) is 17.2 Å². The Balaban J connectivity index is 1.36. The molecule has 0 fully saturated rings. The molecule has 3 amide bonds. The van der Waals surface area contributed by atoms with E-state index < -0.39 is 23.9 Å². The highest BCUT2D eigenvalue weighted by atomic mass is 79.9. The molecule has 0 aromatic heterocycles. The first-order valence-electron chi connectivity index (χ1n) is 13.8. The van der Waals surface area contributed by atoms with Gasteiger partial charge in [0.05, 0.1) is 52.1 Å². The second-order valence-corrected chi connectivity index (χ2v) is 11.4. The molecule has 0 unspecified atom stereocenters. The normalized spacial score (nSPS) is 14.2. The molecule has 0 saturated carbocycles. The van der Waals surface area contributed by atoms with Gasteiger partial charge >= 0.3 is 12.0 Å². The number of halogens is 2. The maximum atomic E-state index is 12.6. The summed E-state index contributed by atoms with van der Waals surface area (Å²) in [7, 11) is 1.43. The molecule has 0 saturated heterocycles. The van der Waals surface area contributed by atoms with Gasteiger partial charge in [-0.05, 0) is 87.2 Å². The molecule has 1 heterocycles. The molecule has 3 aromatic rings. The van der Waals surface area contributed by atoms with Crippen molar-refractivity contribution in [3.05, 3.63) is 97.1 Å². The van der Waals surface area contributed by atoms with Gasteiger partial charge in [-0.25, -0.2) is 15.0 Å². The van der Waals surface area contributed by atoms with Gasteiger partial charge in [-0.3, -0.25) is 4.79 Å². The van der Waals surface area contributed by atoms with E-state index in [0.29, 0.717) is 37.1 Å². The van der Waals surface area contributed by atoms with Crippen molar-refractivity contribution < 1.29 is 33.3 Å². The van der Waals surface area contributed by atoms with Crippen molar-refractivity contribution in [2.24, 2.45) is 5.10 Å². The average molecular weight is 755 g/mol. The first-order valence-corrected chi connectivity index (χ1v) is 15.4. The number of nitrogens with zero attached hydrogens (tertiary/aromatic N) is 2. The molecular weight excluding hydrogens is 726 g/mol. The van der Waals surface area contributed by atoms with Gasteiger partial charge in [0, 0.05) is 11.3 Å². The van der Waals surface area contributed by atoms with Crippen molar-refractivity contribution in [3.63, 3.8) is 0 Å². The first kappa shape index (κ1) is 34.0. The zero-order valence-electron chi connectivity index (χ0n) is 25.0. The summed E-state index contributed by atoms with van der Waals surface area (Å²) in [6.45, 7) is 3.33. The fourth-order valence-corrected chi connectivity index (χ4v) is 5.91. The van der Waals surface area contributed by atoms with Crippen LogP contribution in [0, 0.1) is 11.3 Å². The number of benzene rings is 3. The lowest BCUT2D eigenvalue weighted by molar-refractivity contribution is -0.139. The standard InChI is InChI=1S/C32H29Br2N5O7/c1-4-44-31(41)28-18(2)37-32(42)38-29(28)20-9-10-25(26(13-20)43-3)45-17-27(40)39-36-15-19-11-23(33)30(24(34)12-19)46-16-22-8-6-5-7-21(22)14-35/h5-13,15,29H,4,16-17H2,1-3H3,(H,39,40)(H2,37,38,42)/b36-15-/t29-/m1/s1. The van der Waals surface area contributed by atoms with Crippen LogP contribution in [0.25, 0.3) is 0 Å². The molecule has 0 aliphatic carbocycles. The Labute approximate surface area is 282 Å². The number of allylic oxidation sites excluding steroid dienone is 1. The Bertz CT molecular complexity index is 1730. The van der Waals surface area contributed by atoms with Crippen molar-refractivity contribution in [3.8, 4) is 23.3 Å². The van der Waals surface area contributed by atoms with Crippen molar-refractivity contribution in [2.45, 2.75) is 26.5 Å². The molecule has 3 aromatic carbocycles. The van der Waals surface area contributed by atoms with E-state index in [1.165, 1.54) is 13.3 Å². The van der Waals surface area contributed by atoms with Gasteiger partial charge in [-0.15, -0.1) is 0 Å². The Morgan fingerprint density at radius 2 is 1.83 bits per heavy atom. The van der Waals surface area contributed by atoms with E-state index in [4.69, 9.17) is 18.9 Å². The smallest absolute Gasteiger partial charge is 0.338 e. The van der Waals surface area contributed by atoms with Crippen LogP contribution in [0.4, 0.5) is 4.79 Å². The van der Waals surface area contributed by atoms with E-state index in [1.807, 2.05) is 12.1 Å². The summed E-state index contributed by atoms with van der Waals surface area (Å²) in [4.78, 5) is 37.2. The van der Waals surface area contributed by atoms with Crippen molar-refractivity contribution in [1.82, 2.24) is 16.1 Å². The third-order valence-corrected chi connectivity index (χ3v) is 7.76. The highest BCUT2D eigenvalue weighted by molar-refractivity contribution is 9.11. The van der Waals surface area contributed by atoms with E-state index in [0.717, 1.165) is 5.56 Å². The van der Waals surface area contributed by atoms with Crippen molar-refractivity contribution in [1.29, 1.82) is 5.26 Å². The second kappa shape index (κ2) is 15.9. The molecule has 0 radical (unpaired) electrons. The first-order chi connectivity index (χ1) is 22.1. The Morgan fingerprint density at radius 3 is 2.52 bits per heavy atom. The number of rotatable bonds is 12. The summed E-state index contributed by atoms with van der Waals surface area (Å²) in [6, 6.07) is 16.5. The van der Waals surface area contributed by atoms with E-state index >= 15 is 0 Å². The Morgan fingerprint density at radius 1 is 1.09 bits per heavy atom. The lowest BCUT2D eigenvalue weighted by Gasteiger charge is -2.28. The quantitative estimate of drug-likeness (QED) is 0.126. The molecule has 1 aliphatic rings. The molecule has 3 N–H and O–H groups in total. The van der Waals surface area contributed by atoms with Crippen LogP contribution in [0.3, 0.4) is 0 Å². The lowest BCUT2D eigenvalue weighted by atomic mass is 9.95. The number of amides is 3. The molecule has 46 heavy (non-hydrogen) atoms. The SMILES string of the molecule is CCOC(=O)C1=C(C)NC(=O)N[C@@H]1c1ccc(OCC(=O)N/N=C\c2cc(Br)c(OCc3ccccc3C#N)c(Br)c2)c(OC)c1. The number of methoxy groups -OCH3 is 1. The molecule has 1 atom stereocenters. The van der Waals surface area contributed by atoms with Crippen LogP contribution in [0.1, 0.15) is 42.1 Å². The van der Waals surface area contributed by atoms with Gasteiger partial charge in [0.15, 0.2) is 18.1 Å². The van der Waals surface area contributed by atoms with E-state index in [-0.39, 0.29) is 36.9 Å². The number of nitrogens with one attached hydrogen (secondary N) is 3. The topological polar surface area (TPSA) is 160 Å². The number of hydrogen-bond acceptors (Lipinski definition) is 9. The Kier molecular flexibility index (Phi) is 11.8. The molecule has 14 heteroatoms. The molecular formula is C32H29Br2N5O7. The second-order valence-electron chi connectivity index (χ2n) is 9.65. The van der Waals surface area contributed by atoms with Gasteiger partial charge in [-0.2, -0.15) is 10.4 Å². The molecule has 1 aliphatic heterocycles. The zero-order chi connectivity index (χ0) is 33.2. The minimum Gasteiger partial charge on any atom is -0.493 e.